The van der Waals surface area contributed by atoms with Crippen LogP contribution in [0.5, 0.6) is 0 Å². The van der Waals surface area contributed by atoms with Crippen LogP contribution in [0.4, 0.5) is 0 Å². The molecular formula is C17H22N4O2. The normalized spacial score (nSPS) is 15.0. The van der Waals surface area contributed by atoms with Gasteiger partial charge in [0.15, 0.2) is 0 Å². The minimum atomic E-state index is -0.000738. The SMILES string of the molecule is Cc1cc(CC(=O)N2CCN(C(=O)c3ccc[nH]3)CC2)c(C)[nH]1. The molecule has 0 atom stereocenters. The lowest BCUT2D eigenvalue weighted by Crippen LogP contribution is -2.51. The van der Waals surface area contributed by atoms with Crippen LogP contribution >= 0.6 is 0 Å². The third-order valence-electron chi connectivity index (χ3n) is 4.35. The number of hydrogen-bond acceptors (Lipinski definition) is 2. The topological polar surface area (TPSA) is 72.2 Å². The number of rotatable bonds is 3. The molecule has 23 heavy (non-hydrogen) atoms. The summed E-state index contributed by atoms with van der Waals surface area (Å²) in [5.41, 5.74) is 3.78. The lowest BCUT2D eigenvalue weighted by atomic mass is 10.1. The summed E-state index contributed by atoms with van der Waals surface area (Å²) in [6.45, 7) is 6.32. The van der Waals surface area contributed by atoms with Gasteiger partial charge in [-0.1, -0.05) is 0 Å². The molecule has 2 amide bonds. The van der Waals surface area contributed by atoms with Crippen molar-refractivity contribution in [2.75, 3.05) is 26.2 Å². The maximum Gasteiger partial charge on any atom is 0.270 e. The number of carbonyl (C=O) groups is 2. The fraction of sp³-hybridized carbons (Fsp3) is 0.412. The summed E-state index contributed by atoms with van der Waals surface area (Å²) >= 11 is 0. The van der Waals surface area contributed by atoms with Crippen LogP contribution in [0.1, 0.15) is 27.4 Å². The summed E-state index contributed by atoms with van der Waals surface area (Å²) < 4.78 is 0. The van der Waals surface area contributed by atoms with Crippen LogP contribution in [0.3, 0.4) is 0 Å². The first kappa shape index (κ1) is 15.4. The molecule has 6 nitrogen and oxygen atoms in total. The summed E-state index contributed by atoms with van der Waals surface area (Å²) in [5.74, 6) is 0.123. The summed E-state index contributed by atoms with van der Waals surface area (Å²) in [4.78, 5) is 34.5. The molecular weight excluding hydrogens is 292 g/mol. The standard InChI is InChI=1S/C17H22N4O2/c1-12-10-14(13(2)19-12)11-16(22)20-6-8-21(9-7-20)17(23)15-4-3-5-18-15/h3-5,10,18-19H,6-9,11H2,1-2H3. The molecule has 2 aromatic rings. The predicted octanol–water partition coefficient (Wildman–Crippen LogP) is 1.49. The number of hydrogen-bond donors (Lipinski definition) is 2. The van der Waals surface area contributed by atoms with Crippen LogP contribution in [0.15, 0.2) is 24.4 Å². The first-order valence-corrected chi connectivity index (χ1v) is 7.90. The number of piperazine rings is 1. The van der Waals surface area contributed by atoms with E-state index >= 15 is 0 Å². The Morgan fingerprint density at radius 3 is 2.39 bits per heavy atom. The van der Waals surface area contributed by atoms with E-state index in [9.17, 15) is 9.59 Å². The third-order valence-corrected chi connectivity index (χ3v) is 4.35. The number of nitrogens with zero attached hydrogens (tertiary/aromatic N) is 2. The monoisotopic (exact) mass is 314 g/mol. The zero-order valence-electron chi connectivity index (χ0n) is 13.6. The molecule has 0 aliphatic carbocycles. The Kier molecular flexibility index (Phi) is 4.23. The molecule has 3 heterocycles. The molecule has 1 aliphatic heterocycles. The van der Waals surface area contributed by atoms with Gasteiger partial charge in [0.25, 0.3) is 5.91 Å². The van der Waals surface area contributed by atoms with Gasteiger partial charge in [-0.25, -0.2) is 0 Å². The highest BCUT2D eigenvalue weighted by molar-refractivity contribution is 5.92. The van der Waals surface area contributed by atoms with E-state index in [1.165, 1.54) is 0 Å². The van der Waals surface area contributed by atoms with Gasteiger partial charge in [0.1, 0.15) is 5.69 Å². The quantitative estimate of drug-likeness (QED) is 0.901. The molecule has 1 aliphatic rings. The highest BCUT2D eigenvalue weighted by Gasteiger charge is 2.25. The van der Waals surface area contributed by atoms with Crippen molar-refractivity contribution < 1.29 is 9.59 Å². The Labute approximate surface area is 135 Å². The number of aromatic amines is 2. The van der Waals surface area contributed by atoms with Crippen LogP contribution < -0.4 is 0 Å². The van der Waals surface area contributed by atoms with Crippen molar-refractivity contribution in [2.45, 2.75) is 20.3 Å². The fourth-order valence-corrected chi connectivity index (χ4v) is 3.03. The fourth-order valence-electron chi connectivity index (χ4n) is 3.03. The van der Waals surface area contributed by atoms with E-state index < -0.39 is 0 Å². The van der Waals surface area contributed by atoms with Crippen LogP contribution in [0.2, 0.25) is 0 Å². The van der Waals surface area contributed by atoms with Gasteiger partial charge in [0, 0.05) is 43.8 Å². The van der Waals surface area contributed by atoms with Gasteiger partial charge in [-0.2, -0.15) is 0 Å². The van der Waals surface area contributed by atoms with Gasteiger partial charge in [-0.05, 0) is 37.6 Å². The number of amides is 2. The maximum atomic E-state index is 12.4. The minimum Gasteiger partial charge on any atom is -0.362 e. The average Bonchev–Trinajstić information content (AvgIpc) is 3.17. The Morgan fingerprint density at radius 1 is 1.13 bits per heavy atom. The molecule has 0 aromatic carbocycles. The lowest BCUT2D eigenvalue weighted by Gasteiger charge is -2.34. The minimum absolute atomic E-state index is 0.000738. The van der Waals surface area contributed by atoms with Gasteiger partial charge in [-0.15, -0.1) is 0 Å². The molecule has 1 fully saturated rings. The van der Waals surface area contributed by atoms with Crippen LogP contribution in [0.25, 0.3) is 0 Å². The Hall–Kier alpha value is -2.50. The lowest BCUT2D eigenvalue weighted by molar-refractivity contribution is -0.131. The van der Waals surface area contributed by atoms with Crippen molar-refractivity contribution >= 4 is 11.8 Å². The largest absolute Gasteiger partial charge is 0.362 e. The highest BCUT2D eigenvalue weighted by atomic mass is 16.2. The molecule has 3 rings (SSSR count). The Bertz CT molecular complexity index is 694. The first-order chi connectivity index (χ1) is 11.0. The van der Waals surface area contributed by atoms with Crippen molar-refractivity contribution in [2.24, 2.45) is 0 Å². The van der Waals surface area contributed by atoms with Gasteiger partial charge < -0.3 is 19.8 Å². The average molecular weight is 314 g/mol. The number of H-pyrrole nitrogens is 2. The van der Waals surface area contributed by atoms with Crippen molar-refractivity contribution in [1.82, 2.24) is 19.8 Å². The Balaban J connectivity index is 1.55. The molecule has 6 heteroatoms. The van der Waals surface area contributed by atoms with Crippen molar-refractivity contribution in [3.05, 3.63) is 47.0 Å². The molecule has 0 bridgehead atoms. The molecule has 2 aromatic heterocycles. The molecule has 1 saturated heterocycles. The summed E-state index contributed by atoms with van der Waals surface area (Å²) in [5, 5.41) is 0. The van der Waals surface area contributed by atoms with Crippen molar-refractivity contribution in [1.29, 1.82) is 0 Å². The van der Waals surface area contributed by atoms with Gasteiger partial charge in [0.2, 0.25) is 5.91 Å². The summed E-state index contributed by atoms with van der Waals surface area (Å²) in [6, 6.07) is 5.61. The molecule has 2 N–H and O–H groups in total. The second-order valence-corrected chi connectivity index (χ2v) is 6.04. The third kappa shape index (κ3) is 3.31. The van der Waals surface area contributed by atoms with Crippen molar-refractivity contribution in [3.8, 4) is 0 Å². The van der Waals surface area contributed by atoms with E-state index in [0.29, 0.717) is 38.3 Å². The van der Waals surface area contributed by atoms with Crippen molar-refractivity contribution in [3.63, 3.8) is 0 Å². The molecule has 0 spiro atoms. The predicted molar refractivity (Wildman–Crippen MR) is 87.2 cm³/mol. The second kappa shape index (κ2) is 6.32. The van der Waals surface area contributed by atoms with Crippen LogP contribution in [0, 0.1) is 13.8 Å². The van der Waals surface area contributed by atoms with E-state index in [1.807, 2.05) is 30.9 Å². The maximum absolute atomic E-state index is 12.4. The number of nitrogens with one attached hydrogen (secondary N) is 2. The van der Waals surface area contributed by atoms with Gasteiger partial charge in [-0.3, -0.25) is 9.59 Å². The van der Waals surface area contributed by atoms with E-state index in [4.69, 9.17) is 0 Å². The van der Waals surface area contributed by atoms with Crippen LogP contribution in [-0.2, 0) is 11.2 Å². The van der Waals surface area contributed by atoms with E-state index in [1.54, 1.807) is 17.2 Å². The zero-order valence-corrected chi connectivity index (χ0v) is 13.6. The van der Waals surface area contributed by atoms with E-state index in [2.05, 4.69) is 9.97 Å². The highest BCUT2D eigenvalue weighted by Crippen LogP contribution is 2.13. The summed E-state index contributed by atoms with van der Waals surface area (Å²) in [6.07, 6.45) is 2.16. The van der Waals surface area contributed by atoms with Gasteiger partial charge in [0.05, 0.1) is 6.42 Å². The first-order valence-electron chi connectivity index (χ1n) is 7.90. The number of aryl methyl sites for hydroxylation is 2. The van der Waals surface area contributed by atoms with Crippen LogP contribution in [-0.4, -0.2) is 57.8 Å². The second-order valence-electron chi connectivity index (χ2n) is 6.04. The number of aromatic nitrogens is 2. The Morgan fingerprint density at radius 2 is 1.83 bits per heavy atom. The van der Waals surface area contributed by atoms with Gasteiger partial charge >= 0.3 is 0 Å². The molecule has 122 valence electrons. The number of carbonyl (C=O) groups excluding carboxylic acids is 2. The zero-order chi connectivity index (χ0) is 16.4. The van der Waals surface area contributed by atoms with E-state index in [0.717, 1.165) is 17.0 Å². The van der Waals surface area contributed by atoms with E-state index in [-0.39, 0.29) is 11.8 Å². The summed E-state index contributed by atoms with van der Waals surface area (Å²) in [7, 11) is 0. The molecule has 0 radical (unpaired) electrons. The smallest absolute Gasteiger partial charge is 0.270 e. The molecule has 0 unspecified atom stereocenters. The molecule has 0 saturated carbocycles.